The van der Waals surface area contributed by atoms with Gasteiger partial charge in [-0.15, -0.1) is 0 Å². The zero-order chi connectivity index (χ0) is 11.4. The number of Topliss-reactive ketones (excluding diaryl/α,β-unsaturated/α-hetero) is 1. The molecule has 0 aromatic rings. The van der Waals surface area contributed by atoms with Crippen LogP contribution in [0.1, 0.15) is 40.5 Å². The molecule has 0 saturated heterocycles. The number of rotatable bonds is 2. The van der Waals surface area contributed by atoms with Crippen LogP contribution in [0.15, 0.2) is 0 Å². The van der Waals surface area contributed by atoms with E-state index in [0.29, 0.717) is 11.2 Å². The zero-order valence-electron chi connectivity index (χ0n) is 10.5. The first-order chi connectivity index (χ1) is 6.83. The Hall–Kier alpha value is -0.370. The van der Waals surface area contributed by atoms with E-state index < -0.39 is 0 Å². The highest BCUT2D eigenvalue weighted by atomic mass is 16.5. The van der Waals surface area contributed by atoms with E-state index in [1.165, 1.54) is 0 Å². The van der Waals surface area contributed by atoms with E-state index in [2.05, 4.69) is 20.8 Å². The highest BCUT2D eigenvalue weighted by molar-refractivity contribution is 5.80. The Morgan fingerprint density at radius 2 is 1.87 bits per heavy atom. The molecule has 2 saturated carbocycles. The van der Waals surface area contributed by atoms with Gasteiger partial charge in [0.15, 0.2) is 0 Å². The minimum Gasteiger partial charge on any atom is -0.378 e. The summed E-state index contributed by atoms with van der Waals surface area (Å²) in [5.41, 5.74) is 0.213. The van der Waals surface area contributed by atoms with E-state index in [9.17, 15) is 4.79 Å². The standard InChI is InChI=1S/C13H22O2/c1-8(14)9-6-10-11(12(10,2)3)7-13(9,4)15-5/h9-11H,6-7H2,1-5H3. The second-order valence-electron chi connectivity index (χ2n) is 6.15. The van der Waals surface area contributed by atoms with Crippen molar-refractivity contribution in [1.82, 2.24) is 0 Å². The summed E-state index contributed by atoms with van der Waals surface area (Å²) in [7, 11) is 1.74. The fourth-order valence-corrected chi connectivity index (χ4v) is 3.63. The maximum Gasteiger partial charge on any atom is 0.135 e. The first-order valence-corrected chi connectivity index (χ1v) is 5.88. The molecule has 2 aliphatic rings. The van der Waals surface area contributed by atoms with Crippen LogP contribution in [0.5, 0.6) is 0 Å². The third kappa shape index (κ3) is 1.45. The Kier molecular flexibility index (Phi) is 2.27. The van der Waals surface area contributed by atoms with Crippen molar-refractivity contribution in [2.45, 2.75) is 46.1 Å². The second kappa shape index (κ2) is 3.07. The largest absolute Gasteiger partial charge is 0.378 e. The molecule has 0 heterocycles. The van der Waals surface area contributed by atoms with Gasteiger partial charge in [-0.3, -0.25) is 4.79 Å². The molecule has 0 spiro atoms. The van der Waals surface area contributed by atoms with Gasteiger partial charge in [0.25, 0.3) is 0 Å². The van der Waals surface area contributed by atoms with Crippen molar-refractivity contribution in [3.8, 4) is 0 Å². The quantitative estimate of drug-likeness (QED) is 0.700. The lowest BCUT2D eigenvalue weighted by molar-refractivity contribution is -0.136. The van der Waals surface area contributed by atoms with E-state index in [4.69, 9.17) is 4.74 Å². The van der Waals surface area contributed by atoms with Crippen molar-refractivity contribution >= 4 is 5.78 Å². The fraction of sp³-hybridized carbons (Fsp3) is 0.923. The molecule has 0 bridgehead atoms. The summed E-state index contributed by atoms with van der Waals surface area (Å²) in [5.74, 6) is 1.90. The highest BCUT2D eigenvalue weighted by Gasteiger charge is 2.64. The average molecular weight is 210 g/mol. The predicted molar refractivity (Wildman–Crippen MR) is 59.6 cm³/mol. The van der Waals surface area contributed by atoms with Gasteiger partial charge in [0, 0.05) is 13.0 Å². The number of ketones is 1. The van der Waals surface area contributed by atoms with Crippen molar-refractivity contribution in [3.05, 3.63) is 0 Å². The van der Waals surface area contributed by atoms with Crippen molar-refractivity contribution < 1.29 is 9.53 Å². The number of carbonyl (C=O) groups excluding carboxylic acids is 1. The minimum absolute atomic E-state index is 0.102. The molecule has 2 fully saturated rings. The van der Waals surface area contributed by atoms with Gasteiger partial charge >= 0.3 is 0 Å². The van der Waals surface area contributed by atoms with Gasteiger partial charge in [-0.2, -0.15) is 0 Å². The number of hydrogen-bond donors (Lipinski definition) is 0. The smallest absolute Gasteiger partial charge is 0.135 e. The number of fused-ring (bicyclic) bond motifs is 1. The Morgan fingerprint density at radius 3 is 2.33 bits per heavy atom. The minimum atomic E-state index is -0.221. The molecule has 86 valence electrons. The molecular weight excluding hydrogens is 188 g/mol. The molecule has 4 atom stereocenters. The van der Waals surface area contributed by atoms with E-state index >= 15 is 0 Å². The van der Waals surface area contributed by atoms with Crippen LogP contribution in [-0.4, -0.2) is 18.5 Å². The van der Waals surface area contributed by atoms with E-state index in [1.807, 2.05) is 0 Å². The molecule has 0 amide bonds. The Bertz CT molecular complexity index is 295. The summed E-state index contributed by atoms with van der Waals surface area (Å²) < 4.78 is 5.62. The third-order valence-electron chi connectivity index (χ3n) is 5.10. The molecule has 4 unspecified atom stereocenters. The number of ether oxygens (including phenoxy) is 1. The van der Waals surface area contributed by atoms with Gasteiger partial charge in [-0.05, 0) is 43.9 Å². The molecule has 0 aromatic carbocycles. The second-order valence-corrected chi connectivity index (χ2v) is 6.15. The molecule has 2 nitrogen and oxygen atoms in total. The Morgan fingerprint density at radius 1 is 1.27 bits per heavy atom. The molecule has 0 N–H and O–H groups in total. The van der Waals surface area contributed by atoms with E-state index in [0.717, 1.165) is 24.7 Å². The first-order valence-electron chi connectivity index (χ1n) is 5.88. The van der Waals surface area contributed by atoms with Gasteiger partial charge in [0.2, 0.25) is 0 Å². The molecule has 0 aromatic heterocycles. The van der Waals surface area contributed by atoms with Crippen LogP contribution in [0.2, 0.25) is 0 Å². The Balaban J connectivity index is 2.22. The lowest BCUT2D eigenvalue weighted by Gasteiger charge is -2.38. The molecule has 0 aliphatic heterocycles. The zero-order valence-corrected chi connectivity index (χ0v) is 10.5. The maximum atomic E-state index is 11.7. The van der Waals surface area contributed by atoms with Gasteiger partial charge in [0.1, 0.15) is 5.78 Å². The fourth-order valence-electron chi connectivity index (χ4n) is 3.63. The van der Waals surface area contributed by atoms with Crippen molar-refractivity contribution in [2.75, 3.05) is 7.11 Å². The number of hydrogen-bond acceptors (Lipinski definition) is 2. The normalized spacial score (nSPS) is 47.1. The predicted octanol–water partition coefficient (Wildman–Crippen LogP) is 2.66. The molecule has 15 heavy (non-hydrogen) atoms. The number of methoxy groups -OCH3 is 1. The molecule has 0 radical (unpaired) electrons. The van der Waals surface area contributed by atoms with Gasteiger partial charge in [-0.1, -0.05) is 13.8 Å². The van der Waals surface area contributed by atoms with Crippen LogP contribution >= 0.6 is 0 Å². The summed E-state index contributed by atoms with van der Waals surface area (Å²) in [6.07, 6.45) is 2.07. The maximum absolute atomic E-state index is 11.7. The monoisotopic (exact) mass is 210 g/mol. The lowest BCUT2D eigenvalue weighted by atomic mass is 9.74. The Labute approximate surface area is 92.4 Å². The van der Waals surface area contributed by atoms with Crippen molar-refractivity contribution in [2.24, 2.45) is 23.2 Å². The molecule has 2 aliphatic carbocycles. The molecular formula is C13H22O2. The summed E-state index contributed by atoms with van der Waals surface area (Å²) >= 11 is 0. The first kappa shape index (κ1) is 11.1. The van der Waals surface area contributed by atoms with Crippen LogP contribution < -0.4 is 0 Å². The van der Waals surface area contributed by atoms with Crippen LogP contribution in [0.3, 0.4) is 0 Å². The number of carbonyl (C=O) groups is 1. The van der Waals surface area contributed by atoms with Crippen LogP contribution in [0.4, 0.5) is 0 Å². The molecule has 2 heteroatoms. The van der Waals surface area contributed by atoms with Gasteiger partial charge < -0.3 is 4.74 Å². The summed E-state index contributed by atoms with van der Waals surface area (Å²) in [5, 5.41) is 0. The van der Waals surface area contributed by atoms with E-state index in [1.54, 1.807) is 14.0 Å². The topological polar surface area (TPSA) is 26.3 Å². The van der Waals surface area contributed by atoms with Gasteiger partial charge in [0.05, 0.1) is 5.60 Å². The van der Waals surface area contributed by atoms with Crippen LogP contribution in [-0.2, 0) is 9.53 Å². The summed E-state index contributed by atoms with van der Waals surface area (Å²) in [6, 6.07) is 0. The average Bonchev–Trinajstić information content (AvgIpc) is 2.66. The van der Waals surface area contributed by atoms with Crippen LogP contribution in [0.25, 0.3) is 0 Å². The van der Waals surface area contributed by atoms with Crippen LogP contribution in [0, 0.1) is 23.2 Å². The summed E-state index contributed by atoms with van der Waals surface area (Å²) in [4.78, 5) is 11.7. The third-order valence-corrected chi connectivity index (χ3v) is 5.10. The SMILES string of the molecule is COC1(C)CC2C(CC1C(C)=O)C2(C)C. The van der Waals surface area contributed by atoms with E-state index in [-0.39, 0.29) is 11.5 Å². The van der Waals surface area contributed by atoms with Crippen molar-refractivity contribution in [3.63, 3.8) is 0 Å². The highest BCUT2D eigenvalue weighted by Crippen LogP contribution is 2.68. The lowest BCUT2D eigenvalue weighted by Crippen LogP contribution is -2.43. The van der Waals surface area contributed by atoms with Gasteiger partial charge in [-0.25, -0.2) is 0 Å². The van der Waals surface area contributed by atoms with Crippen molar-refractivity contribution in [1.29, 1.82) is 0 Å². The summed E-state index contributed by atoms with van der Waals surface area (Å²) in [6.45, 7) is 8.45. The molecule has 2 rings (SSSR count).